The Morgan fingerprint density at radius 2 is 0.433 bits per heavy atom. The number of hydrogen-bond donors (Lipinski definition) is 3. The van der Waals surface area contributed by atoms with Gasteiger partial charge in [0.1, 0.15) is 19.3 Å². The molecule has 0 saturated heterocycles. The predicted octanol–water partition coefficient (Wildman–Crippen LogP) is 22.8. The lowest BCUT2D eigenvalue weighted by atomic mass is 10.0. The molecule has 0 fully saturated rings. The van der Waals surface area contributed by atoms with Crippen molar-refractivity contribution in [3.63, 3.8) is 0 Å². The molecule has 3 N–H and O–H groups in total. The zero-order valence-electron chi connectivity index (χ0n) is 63.7. The fraction of sp³-hybridized carbons (Fsp3) is 0.949. The maximum absolute atomic E-state index is 13.1. The molecule has 576 valence electrons. The predicted molar refractivity (Wildman–Crippen MR) is 395 cm³/mol. The number of carbonyl (C=O) groups excluding carboxylic acids is 4. The van der Waals surface area contributed by atoms with Crippen molar-refractivity contribution in [3.8, 4) is 0 Å². The van der Waals surface area contributed by atoms with Crippen LogP contribution in [-0.2, 0) is 65.4 Å². The molecule has 0 amide bonds. The van der Waals surface area contributed by atoms with Crippen LogP contribution in [0, 0.1) is 23.7 Å². The van der Waals surface area contributed by atoms with Crippen molar-refractivity contribution in [2.75, 3.05) is 39.6 Å². The van der Waals surface area contributed by atoms with E-state index in [0.29, 0.717) is 31.6 Å². The molecule has 0 aromatic heterocycles. The molecular weight excluding hydrogens is 1270 g/mol. The summed E-state index contributed by atoms with van der Waals surface area (Å²) in [5, 5.41) is 10.6. The van der Waals surface area contributed by atoms with Gasteiger partial charge in [0.25, 0.3) is 0 Å². The summed E-state index contributed by atoms with van der Waals surface area (Å²) in [4.78, 5) is 72.8. The SMILES string of the molecule is CC(C)CCCCCCCCCCCCCCCCCCC(=O)OC[C@H](COP(=O)(O)OCC(O)COP(=O)(O)OC[C@@H](COC(=O)CCCCCCCCC(C)C)OC(=O)CCCCCCCCCCCCCCCCC(C)C)OC(=O)CCCCCCCCCCCC(C)C. The minimum Gasteiger partial charge on any atom is -0.462 e. The standard InChI is InChI=1S/C78H152O17P2/c1-68(2)54-46-38-30-24-19-15-11-9-10-12-17-21-27-33-42-50-58-75(80)88-64-73(94-78(83)61-53-45-35-29-23-26-32-40-48-56-70(5)6)66-92-96(84,85)90-62-72(79)63-91-97(86,87)93-67-74(65-89-76(81)59-51-43-37-36-41-49-57-71(7)8)95-77(82)60-52-44-34-28-22-18-14-13-16-20-25-31-39-47-55-69(3)4/h68-74,79H,9-67H2,1-8H3,(H,84,85)(H,86,87)/t72?,73-,74-/m1/s1. The van der Waals surface area contributed by atoms with Gasteiger partial charge < -0.3 is 33.8 Å². The zero-order chi connectivity index (χ0) is 71.7. The molecule has 3 unspecified atom stereocenters. The Morgan fingerprint density at radius 3 is 0.639 bits per heavy atom. The summed E-state index contributed by atoms with van der Waals surface area (Å²) in [5.41, 5.74) is 0. The molecule has 0 aromatic rings. The summed E-state index contributed by atoms with van der Waals surface area (Å²) < 4.78 is 68.5. The second-order valence-corrected chi connectivity index (χ2v) is 32.9. The third kappa shape index (κ3) is 72.2. The summed E-state index contributed by atoms with van der Waals surface area (Å²) in [6.07, 6.45) is 53.0. The van der Waals surface area contributed by atoms with Crippen molar-refractivity contribution in [3.05, 3.63) is 0 Å². The fourth-order valence-corrected chi connectivity index (χ4v) is 13.5. The number of rotatable bonds is 75. The van der Waals surface area contributed by atoms with Gasteiger partial charge in [-0.15, -0.1) is 0 Å². The van der Waals surface area contributed by atoms with E-state index in [9.17, 15) is 43.2 Å². The molecular formula is C78H152O17P2. The highest BCUT2D eigenvalue weighted by Crippen LogP contribution is 2.45. The highest BCUT2D eigenvalue weighted by molar-refractivity contribution is 7.47. The average Bonchev–Trinajstić information content (AvgIpc) is 1.45. The average molecular weight is 1420 g/mol. The second-order valence-electron chi connectivity index (χ2n) is 30.0. The molecule has 97 heavy (non-hydrogen) atoms. The lowest BCUT2D eigenvalue weighted by Crippen LogP contribution is -2.30. The monoisotopic (exact) mass is 1420 g/mol. The van der Waals surface area contributed by atoms with Crippen molar-refractivity contribution in [1.82, 2.24) is 0 Å². The lowest BCUT2D eigenvalue weighted by Gasteiger charge is -2.21. The lowest BCUT2D eigenvalue weighted by molar-refractivity contribution is -0.161. The Bertz CT molecular complexity index is 1900. The molecule has 5 atom stereocenters. The van der Waals surface area contributed by atoms with E-state index in [-0.39, 0.29) is 25.7 Å². The van der Waals surface area contributed by atoms with Gasteiger partial charge in [-0.05, 0) is 49.4 Å². The first-order chi connectivity index (χ1) is 46.6. The number of aliphatic hydroxyl groups is 1. The van der Waals surface area contributed by atoms with Gasteiger partial charge in [0.2, 0.25) is 0 Å². The molecule has 0 bridgehead atoms. The number of hydrogen-bond acceptors (Lipinski definition) is 15. The summed E-state index contributed by atoms with van der Waals surface area (Å²) in [7, 11) is -9.91. The summed E-state index contributed by atoms with van der Waals surface area (Å²) in [6, 6.07) is 0. The van der Waals surface area contributed by atoms with Crippen molar-refractivity contribution in [2.45, 2.75) is 414 Å². The van der Waals surface area contributed by atoms with Crippen LogP contribution >= 0.6 is 15.6 Å². The third-order valence-corrected chi connectivity index (χ3v) is 20.0. The maximum atomic E-state index is 13.1. The van der Waals surface area contributed by atoms with Crippen LogP contribution < -0.4 is 0 Å². The Balaban J connectivity index is 5.18. The van der Waals surface area contributed by atoms with Gasteiger partial charge >= 0.3 is 39.5 Å². The molecule has 0 spiro atoms. The Morgan fingerprint density at radius 1 is 0.258 bits per heavy atom. The van der Waals surface area contributed by atoms with Gasteiger partial charge in [-0.25, -0.2) is 9.13 Å². The normalized spacial score (nSPS) is 14.1. The molecule has 0 aromatic carbocycles. The highest BCUT2D eigenvalue weighted by atomic mass is 31.2. The van der Waals surface area contributed by atoms with Crippen LogP contribution in [0.2, 0.25) is 0 Å². The van der Waals surface area contributed by atoms with Crippen LogP contribution in [0.15, 0.2) is 0 Å². The van der Waals surface area contributed by atoms with Gasteiger partial charge in [0, 0.05) is 25.7 Å². The van der Waals surface area contributed by atoms with Crippen molar-refractivity contribution in [1.29, 1.82) is 0 Å². The van der Waals surface area contributed by atoms with E-state index in [1.165, 1.54) is 193 Å². The van der Waals surface area contributed by atoms with Crippen LogP contribution in [0.3, 0.4) is 0 Å². The van der Waals surface area contributed by atoms with Gasteiger partial charge in [0.15, 0.2) is 12.2 Å². The first kappa shape index (κ1) is 95.1. The summed E-state index contributed by atoms with van der Waals surface area (Å²) in [5.74, 6) is 0.903. The van der Waals surface area contributed by atoms with E-state index in [2.05, 4.69) is 55.4 Å². The topological polar surface area (TPSA) is 237 Å². The summed E-state index contributed by atoms with van der Waals surface area (Å²) in [6.45, 7) is 14.2. The van der Waals surface area contributed by atoms with Crippen molar-refractivity contribution >= 4 is 39.5 Å². The minimum absolute atomic E-state index is 0.105. The number of phosphoric acid groups is 2. The Labute approximate surface area is 594 Å². The van der Waals surface area contributed by atoms with Gasteiger partial charge in [-0.1, -0.05) is 344 Å². The van der Waals surface area contributed by atoms with E-state index in [1.807, 2.05) is 0 Å². The van der Waals surface area contributed by atoms with Crippen molar-refractivity contribution < 1.29 is 80.2 Å². The molecule has 0 radical (unpaired) electrons. The first-order valence-electron chi connectivity index (χ1n) is 40.2. The van der Waals surface area contributed by atoms with Crippen LogP contribution in [0.25, 0.3) is 0 Å². The van der Waals surface area contributed by atoms with E-state index in [0.717, 1.165) is 114 Å². The van der Waals surface area contributed by atoms with Crippen molar-refractivity contribution in [2.24, 2.45) is 23.7 Å². The van der Waals surface area contributed by atoms with Gasteiger partial charge in [0.05, 0.1) is 26.4 Å². The van der Waals surface area contributed by atoms with E-state index in [1.54, 1.807) is 0 Å². The number of esters is 4. The Kier molecular flexibility index (Phi) is 65.9. The van der Waals surface area contributed by atoms with Gasteiger partial charge in [-0.2, -0.15) is 0 Å². The third-order valence-electron chi connectivity index (χ3n) is 18.1. The number of ether oxygens (including phenoxy) is 4. The minimum atomic E-state index is -4.96. The van der Waals surface area contributed by atoms with E-state index in [4.69, 9.17) is 37.0 Å². The van der Waals surface area contributed by atoms with E-state index < -0.39 is 97.5 Å². The van der Waals surface area contributed by atoms with Crippen LogP contribution in [-0.4, -0.2) is 96.7 Å². The molecule has 0 aliphatic rings. The first-order valence-corrected chi connectivity index (χ1v) is 43.2. The number of carbonyl (C=O) groups is 4. The number of phosphoric ester groups is 2. The number of unbranched alkanes of at least 4 members (excludes halogenated alkanes) is 41. The maximum Gasteiger partial charge on any atom is 0.472 e. The molecule has 0 rings (SSSR count). The van der Waals surface area contributed by atoms with Gasteiger partial charge in [-0.3, -0.25) is 37.3 Å². The molecule has 0 saturated carbocycles. The Hall–Kier alpha value is -1.94. The smallest absolute Gasteiger partial charge is 0.462 e. The molecule has 17 nitrogen and oxygen atoms in total. The fourth-order valence-electron chi connectivity index (χ4n) is 11.9. The number of aliphatic hydroxyl groups excluding tert-OH is 1. The zero-order valence-corrected chi connectivity index (χ0v) is 65.5. The largest absolute Gasteiger partial charge is 0.472 e. The second kappa shape index (κ2) is 67.2. The highest BCUT2D eigenvalue weighted by Gasteiger charge is 2.30. The summed E-state index contributed by atoms with van der Waals surface area (Å²) >= 11 is 0. The van der Waals surface area contributed by atoms with E-state index >= 15 is 0 Å². The molecule has 0 aliphatic carbocycles. The quantitative estimate of drug-likeness (QED) is 0.0222. The van der Waals surface area contributed by atoms with Crippen LogP contribution in [0.5, 0.6) is 0 Å². The van der Waals surface area contributed by atoms with Crippen LogP contribution in [0.1, 0.15) is 396 Å². The molecule has 19 heteroatoms. The molecule has 0 aliphatic heterocycles. The molecule has 0 heterocycles. The van der Waals surface area contributed by atoms with Crippen LogP contribution in [0.4, 0.5) is 0 Å².